The lowest BCUT2D eigenvalue weighted by Crippen LogP contribution is -2.23. The highest BCUT2D eigenvalue weighted by Gasteiger charge is 2.10. The largest absolute Gasteiger partial charge is 0.466 e. The van der Waals surface area contributed by atoms with Gasteiger partial charge in [0.15, 0.2) is 0 Å². The van der Waals surface area contributed by atoms with Gasteiger partial charge in [0, 0.05) is 18.2 Å². The van der Waals surface area contributed by atoms with Crippen molar-refractivity contribution < 1.29 is 13.9 Å². The van der Waals surface area contributed by atoms with Gasteiger partial charge in [-0.3, -0.25) is 4.79 Å². The lowest BCUT2D eigenvalue weighted by Gasteiger charge is -2.14. The molecule has 94 valence electrons. The van der Waals surface area contributed by atoms with Crippen LogP contribution in [0, 0.1) is 5.82 Å². The number of halogens is 1. The van der Waals surface area contributed by atoms with E-state index in [0.29, 0.717) is 25.1 Å². The van der Waals surface area contributed by atoms with Gasteiger partial charge in [-0.15, -0.1) is 0 Å². The average Bonchev–Trinajstić information content (AvgIpc) is 2.29. The van der Waals surface area contributed by atoms with E-state index in [2.05, 4.69) is 5.32 Å². The lowest BCUT2D eigenvalue weighted by atomic mass is 10.1. The van der Waals surface area contributed by atoms with Gasteiger partial charge in [0.25, 0.3) is 0 Å². The first kappa shape index (κ1) is 13.6. The predicted molar refractivity (Wildman–Crippen MR) is 64.1 cm³/mol. The molecule has 0 bridgehead atoms. The summed E-state index contributed by atoms with van der Waals surface area (Å²) in [5.41, 5.74) is 0.608. The van der Waals surface area contributed by atoms with Crippen LogP contribution < -0.4 is 5.32 Å². The predicted octanol–water partition coefficient (Wildman–Crippen LogP) is 2.43. The molecular weight excluding hydrogens is 221 g/mol. The van der Waals surface area contributed by atoms with Crippen molar-refractivity contribution in [2.45, 2.75) is 26.3 Å². The molecule has 1 aromatic rings. The summed E-state index contributed by atoms with van der Waals surface area (Å²) in [7, 11) is 0. The van der Waals surface area contributed by atoms with Crippen LogP contribution in [-0.4, -0.2) is 19.1 Å². The number of nitrogens with one attached hydrogen (secondary N) is 1. The molecule has 0 heterocycles. The van der Waals surface area contributed by atoms with Gasteiger partial charge < -0.3 is 10.1 Å². The van der Waals surface area contributed by atoms with Crippen LogP contribution in [-0.2, 0) is 9.53 Å². The second-order valence-electron chi connectivity index (χ2n) is 3.75. The summed E-state index contributed by atoms with van der Waals surface area (Å²) in [6.45, 7) is 4.51. The van der Waals surface area contributed by atoms with Gasteiger partial charge in [0.05, 0.1) is 13.0 Å². The molecule has 0 amide bonds. The molecule has 1 aromatic carbocycles. The van der Waals surface area contributed by atoms with Crippen molar-refractivity contribution in [1.82, 2.24) is 5.32 Å². The Morgan fingerprint density at radius 3 is 2.82 bits per heavy atom. The first-order valence-corrected chi connectivity index (χ1v) is 5.78. The van der Waals surface area contributed by atoms with Crippen molar-refractivity contribution in [3.63, 3.8) is 0 Å². The Hall–Kier alpha value is -1.42. The van der Waals surface area contributed by atoms with Crippen molar-refractivity contribution >= 4 is 5.97 Å². The first-order valence-electron chi connectivity index (χ1n) is 5.78. The monoisotopic (exact) mass is 239 g/mol. The summed E-state index contributed by atoms with van der Waals surface area (Å²) >= 11 is 0. The molecule has 0 spiro atoms. The third-order valence-electron chi connectivity index (χ3n) is 2.46. The van der Waals surface area contributed by atoms with Crippen molar-refractivity contribution in [1.29, 1.82) is 0 Å². The molecule has 0 radical (unpaired) electrons. The third-order valence-corrected chi connectivity index (χ3v) is 2.46. The molecule has 0 aromatic heterocycles. The van der Waals surface area contributed by atoms with E-state index in [0.717, 1.165) is 0 Å². The maximum absolute atomic E-state index is 13.4. The molecule has 0 aliphatic heterocycles. The van der Waals surface area contributed by atoms with E-state index in [9.17, 15) is 9.18 Å². The van der Waals surface area contributed by atoms with Gasteiger partial charge >= 0.3 is 5.97 Å². The number of carbonyl (C=O) groups is 1. The normalized spacial score (nSPS) is 12.2. The summed E-state index contributed by atoms with van der Waals surface area (Å²) in [6, 6.07) is 6.49. The van der Waals surface area contributed by atoms with Gasteiger partial charge in [-0.1, -0.05) is 18.2 Å². The van der Waals surface area contributed by atoms with Crippen molar-refractivity contribution in [3.05, 3.63) is 35.6 Å². The second-order valence-corrected chi connectivity index (χ2v) is 3.75. The van der Waals surface area contributed by atoms with Crippen molar-refractivity contribution in [2.24, 2.45) is 0 Å². The smallest absolute Gasteiger partial charge is 0.307 e. The molecule has 4 heteroatoms. The van der Waals surface area contributed by atoms with Crippen molar-refractivity contribution in [3.8, 4) is 0 Å². The Morgan fingerprint density at radius 2 is 2.18 bits per heavy atom. The van der Waals surface area contributed by atoms with E-state index in [4.69, 9.17) is 4.74 Å². The number of esters is 1. The van der Waals surface area contributed by atoms with Crippen LogP contribution >= 0.6 is 0 Å². The van der Waals surface area contributed by atoms with Crippen LogP contribution in [0.1, 0.15) is 31.9 Å². The maximum atomic E-state index is 13.4. The topological polar surface area (TPSA) is 38.3 Å². The fourth-order valence-electron chi connectivity index (χ4n) is 1.56. The SMILES string of the molecule is CCOC(=O)CCNC(C)c1ccccc1F. The van der Waals surface area contributed by atoms with Crippen LogP contribution in [0.25, 0.3) is 0 Å². The molecule has 1 unspecified atom stereocenters. The van der Waals surface area contributed by atoms with Crippen LogP contribution in [0.2, 0.25) is 0 Å². The summed E-state index contributed by atoms with van der Waals surface area (Å²) in [6.07, 6.45) is 0.298. The van der Waals surface area contributed by atoms with E-state index in [1.165, 1.54) is 6.07 Å². The number of hydrogen-bond donors (Lipinski definition) is 1. The third kappa shape index (κ3) is 4.53. The fourth-order valence-corrected chi connectivity index (χ4v) is 1.56. The number of ether oxygens (including phenoxy) is 1. The Bertz CT molecular complexity index is 368. The van der Waals surface area contributed by atoms with Crippen LogP contribution in [0.15, 0.2) is 24.3 Å². The second kappa shape index (κ2) is 7.01. The number of benzene rings is 1. The standard InChI is InChI=1S/C13H18FNO2/c1-3-17-13(16)8-9-15-10(2)11-6-4-5-7-12(11)14/h4-7,10,15H,3,8-9H2,1-2H3. The van der Waals surface area contributed by atoms with Crippen molar-refractivity contribution in [2.75, 3.05) is 13.2 Å². The molecule has 1 atom stereocenters. The molecule has 0 saturated heterocycles. The summed E-state index contributed by atoms with van der Waals surface area (Å²) < 4.78 is 18.2. The minimum Gasteiger partial charge on any atom is -0.466 e. The zero-order valence-corrected chi connectivity index (χ0v) is 10.2. The fraction of sp³-hybridized carbons (Fsp3) is 0.462. The van der Waals surface area contributed by atoms with E-state index < -0.39 is 0 Å². The van der Waals surface area contributed by atoms with E-state index in [1.54, 1.807) is 25.1 Å². The molecule has 1 rings (SSSR count). The molecule has 0 aliphatic carbocycles. The first-order chi connectivity index (χ1) is 8.15. The van der Waals surface area contributed by atoms with E-state index >= 15 is 0 Å². The molecule has 3 nitrogen and oxygen atoms in total. The van der Waals surface area contributed by atoms with Gasteiger partial charge in [-0.2, -0.15) is 0 Å². The summed E-state index contributed by atoms with van der Waals surface area (Å²) in [5, 5.41) is 3.09. The molecule has 1 N–H and O–H groups in total. The zero-order valence-electron chi connectivity index (χ0n) is 10.2. The Balaban J connectivity index is 2.38. The highest BCUT2D eigenvalue weighted by molar-refractivity contribution is 5.69. The average molecular weight is 239 g/mol. The summed E-state index contributed by atoms with van der Waals surface area (Å²) in [4.78, 5) is 11.1. The van der Waals surface area contributed by atoms with E-state index in [-0.39, 0.29) is 17.8 Å². The van der Waals surface area contributed by atoms with E-state index in [1.807, 2.05) is 6.92 Å². The quantitative estimate of drug-likeness (QED) is 0.775. The van der Waals surface area contributed by atoms with Gasteiger partial charge in [-0.25, -0.2) is 4.39 Å². The highest BCUT2D eigenvalue weighted by Crippen LogP contribution is 2.15. The summed E-state index contributed by atoms with van der Waals surface area (Å²) in [5.74, 6) is -0.468. The maximum Gasteiger partial charge on any atom is 0.307 e. The molecule has 0 saturated carbocycles. The van der Waals surface area contributed by atoms with Gasteiger partial charge in [0.1, 0.15) is 5.82 Å². The number of rotatable bonds is 6. The van der Waals surface area contributed by atoms with Gasteiger partial charge in [-0.05, 0) is 19.9 Å². The Labute approximate surface area is 101 Å². The number of hydrogen-bond acceptors (Lipinski definition) is 3. The Kier molecular flexibility index (Phi) is 5.63. The molecule has 0 aliphatic rings. The minimum atomic E-state index is -0.235. The number of carbonyl (C=O) groups excluding carboxylic acids is 1. The zero-order chi connectivity index (χ0) is 12.7. The molecule has 0 fully saturated rings. The van der Waals surface area contributed by atoms with Crippen LogP contribution in [0.5, 0.6) is 0 Å². The molecule has 17 heavy (non-hydrogen) atoms. The Morgan fingerprint density at radius 1 is 1.47 bits per heavy atom. The minimum absolute atomic E-state index is 0.120. The lowest BCUT2D eigenvalue weighted by molar-refractivity contribution is -0.143. The highest BCUT2D eigenvalue weighted by atomic mass is 19.1. The van der Waals surface area contributed by atoms with Crippen LogP contribution in [0.4, 0.5) is 4.39 Å². The molecular formula is C13H18FNO2. The van der Waals surface area contributed by atoms with Crippen LogP contribution in [0.3, 0.4) is 0 Å². The van der Waals surface area contributed by atoms with Gasteiger partial charge in [0.2, 0.25) is 0 Å².